The summed E-state index contributed by atoms with van der Waals surface area (Å²) in [6.45, 7) is 3.85. The molecule has 2 heterocycles. The van der Waals surface area contributed by atoms with Crippen LogP contribution < -0.4 is 16.0 Å². The largest absolute Gasteiger partial charge is 0.378 e. The zero-order valence-corrected chi connectivity index (χ0v) is 12.4. The van der Waals surface area contributed by atoms with Crippen molar-refractivity contribution >= 4 is 29.6 Å². The molecule has 110 valence electrons. The van der Waals surface area contributed by atoms with Crippen molar-refractivity contribution < 1.29 is 4.74 Å². The summed E-state index contributed by atoms with van der Waals surface area (Å²) in [7, 11) is 0. The van der Waals surface area contributed by atoms with Crippen molar-refractivity contribution in [2.45, 2.75) is 17.6 Å². The summed E-state index contributed by atoms with van der Waals surface area (Å²) in [4.78, 5) is 14.9. The highest BCUT2D eigenvalue weighted by Crippen LogP contribution is 2.46. The van der Waals surface area contributed by atoms with Crippen molar-refractivity contribution in [2.75, 3.05) is 55.1 Å². The zero-order valence-electron chi connectivity index (χ0n) is 11.6. The van der Waals surface area contributed by atoms with E-state index in [0.717, 1.165) is 19.6 Å². The van der Waals surface area contributed by atoms with E-state index in [1.54, 1.807) is 0 Å². The molecule has 1 saturated carbocycles. The van der Waals surface area contributed by atoms with Crippen LogP contribution in [0.2, 0.25) is 0 Å². The van der Waals surface area contributed by atoms with Gasteiger partial charge in [-0.05, 0) is 19.1 Å². The molecule has 2 aliphatic rings. The van der Waals surface area contributed by atoms with Gasteiger partial charge in [0.2, 0.25) is 17.8 Å². The Bertz CT molecular complexity index is 475. The number of nitrogens with one attached hydrogen (secondary N) is 1. The lowest BCUT2D eigenvalue weighted by atomic mass is 10.4. The molecule has 3 N–H and O–H groups in total. The Morgan fingerprint density at radius 2 is 2.05 bits per heavy atom. The molecule has 7 nitrogen and oxygen atoms in total. The molecule has 8 heteroatoms. The third kappa shape index (κ3) is 3.06. The molecule has 0 spiro atoms. The fourth-order valence-electron chi connectivity index (χ4n) is 2.20. The first-order chi connectivity index (χ1) is 9.71. The maximum atomic E-state index is 5.79. The van der Waals surface area contributed by atoms with E-state index in [-0.39, 0.29) is 5.95 Å². The Hall–Kier alpha value is -1.28. The summed E-state index contributed by atoms with van der Waals surface area (Å²) in [5.41, 5.74) is 5.79. The highest BCUT2D eigenvalue weighted by molar-refractivity contribution is 8.00. The second-order valence-corrected chi connectivity index (χ2v) is 6.43. The number of thioether (sulfide) groups is 1. The van der Waals surface area contributed by atoms with Gasteiger partial charge in [0.05, 0.1) is 13.2 Å². The lowest BCUT2D eigenvalue weighted by Gasteiger charge is -2.27. The van der Waals surface area contributed by atoms with Crippen LogP contribution in [0.1, 0.15) is 12.8 Å². The third-order valence-corrected chi connectivity index (χ3v) is 5.16. The maximum absolute atomic E-state index is 5.79. The molecule has 2 fully saturated rings. The number of nitrogen functional groups attached to an aromatic ring is 1. The number of nitrogens with two attached hydrogens (primary N) is 1. The van der Waals surface area contributed by atoms with E-state index >= 15 is 0 Å². The van der Waals surface area contributed by atoms with Crippen molar-refractivity contribution in [2.24, 2.45) is 0 Å². The summed E-state index contributed by atoms with van der Waals surface area (Å²) < 4.78 is 5.70. The Kier molecular flexibility index (Phi) is 3.84. The summed E-state index contributed by atoms with van der Waals surface area (Å²) >= 11 is 1.90. The summed E-state index contributed by atoms with van der Waals surface area (Å²) in [5.74, 6) is 1.47. The molecule has 0 amide bonds. The Morgan fingerprint density at radius 1 is 1.30 bits per heavy atom. The fourth-order valence-corrected chi connectivity index (χ4v) is 2.92. The Morgan fingerprint density at radius 3 is 2.70 bits per heavy atom. The van der Waals surface area contributed by atoms with Gasteiger partial charge in [-0.25, -0.2) is 0 Å². The van der Waals surface area contributed by atoms with Gasteiger partial charge >= 0.3 is 0 Å². The maximum Gasteiger partial charge on any atom is 0.232 e. The van der Waals surface area contributed by atoms with E-state index in [1.165, 1.54) is 12.8 Å². The van der Waals surface area contributed by atoms with Crippen LogP contribution in [0.5, 0.6) is 0 Å². The van der Waals surface area contributed by atoms with E-state index in [9.17, 15) is 0 Å². The molecule has 0 aromatic carbocycles. The lowest BCUT2D eigenvalue weighted by Crippen LogP contribution is -2.37. The zero-order chi connectivity index (χ0) is 14.0. The van der Waals surface area contributed by atoms with Crippen LogP contribution in [0.25, 0.3) is 0 Å². The SMILES string of the molecule is CSC1(CNc2nc(N)nc(N3CCOCC3)n2)CC1. The number of aromatic nitrogens is 3. The number of anilines is 3. The first-order valence-electron chi connectivity index (χ1n) is 6.84. The van der Waals surface area contributed by atoms with Crippen LogP contribution in [0, 0.1) is 0 Å². The van der Waals surface area contributed by atoms with Gasteiger partial charge in [-0.1, -0.05) is 0 Å². The number of hydrogen-bond acceptors (Lipinski definition) is 8. The molecule has 3 rings (SSSR count). The summed E-state index contributed by atoms with van der Waals surface area (Å²) in [5, 5.41) is 3.30. The summed E-state index contributed by atoms with van der Waals surface area (Å²) in [6.07, 6.45) is 4.64. The van der Waals surface area contributed by atoms with Crippen LogP contribution in [0.4, 0.5) is 17.8 Å². The lowest BCUT2D eigenvalue weighted by molar-refractivity contribution is 0.122. The minimum Gasteiger partial charge on any atom is -0.378 e. The monoisotopic (exact) mass is 296 g/mol. The van der Waals surface area contributed by atoms with Gasteiger partial charge in [0, 0.05) is 24.4 Å². The standard InChI is InChI=1S/C12H20N6OS/c1-20-12(2-3-12)8-14-10-15-9(13)16-11(17-10)18-4-6-19-7-5-18/h2-8H2,1H3,(H3,13,14,15,16,17). The Labute approximate surface area is 122 Å². The predicted octanol–water partition coefficient (Wildman–Crippen LogP) is 0.598. The van der Waals surface area contributed by atoms with Crippen molar-refractivity contribution in [1.29, 1.82) is 0 Å². The van der Waals surface area contributed by atoms with Crippen molar-refractivity contribution in [1.82, 2.24) is 15.0 Å². The molecular formula is C12H20N6OS. The van der Waals surface area contributed by atoms with E-state index in [0.29, 0.717) is 29.9 Å². The van der Waals surface area contributed by atoms with E-state index in [4.69, 9.17) is 10.5 Å². The van der Waals surface area contributed by atoms with Crippen LogP contribution in [-0.2, 0) is 4.74 Å². The number of hydrogen-bond donors (Lipinski definition) is 2. The van der Waals surface area contributed by atoms with E-state index in [1.807, 2.05) is 11.8 Å². The minimum atomic E-state index is 0.262. The number of ether oxygens (including phenoxy) is 1. The van der Waals surface area contributed by atoms with Gasteiger partial charge in [0.15, 0.2) is 0 Å². The van der Waals surface area contributed by atoms with Crippen molar-refractivity contribution in [3.05, 3.63) is 0 Å². The average molecular weight is 296 g/mol. The van der Waals surface area contributed by atoms with Gasteiger partial charge in [0.1, 0.15) is 0 Å². The van der Waals surface area contributed by atoms with Gasteiger partial charge in [0.25, 0.3) is 0 Å². The molecule has 20 heavy (non-hydrogen) atoms. The highest BCUT2D eigenvalue weighted by Gasteiger charge is 2.41. The molecule has 1 aromatic rings. The quantitative estimate of drug-likeness (QED) is 0.816. The third-order valence-electron chi connectivity index (χ3n) is 3.74. The first kappa shape index (κ1) is 13.7. The summed E-state index contributed by atoms with van der Waals surface area (Å²) in [6, 6.07) is 0. The molecular weight excluding hydrogens is 276 g/mol. The van der Waals surface area contributed by atoms with Crippen LogP contribution >= 0.6 is 11.8 Å². The molecule has 1 aliphatic carbocycles. The average Bonchev–Trinajstić information content (AvgIpc) is 3.26. The number of rotatable bonds is 5. The Balaban J connectivity index is 1.69. The fraction of sp³-hybridized carbons (Fsp3) is 0.750. The molecule has 0 unspecified atom stereocenters. The van der Waals surface area contributed by atoms with E-state index in [2.05, 4.69) is 31.4 Å². The molecule has 0 atom stereocenters. The molecule has 0 bridgehead atoms. The minimum absolute atomic E-state index is 0.262. The van der Waals surface area contributed by atoms with Gasteiger partial charge in [-0.2, -0.15) is 26.7 Å². The number of nitrogens with zero attached hydrogens (tertiary/aromatic N) is 4. The predicted molar refractivity (Wildman–Crippen MR) is 81.2 cm³/mol. The van der Waals surface area contributed by atoms with Crippen LogP contribution in [-0.4, -0.2) is 58.8 Å². The van der Waals surface area contributed by atoms with Crippen LogP contribution in [0.15, 0.2) is 0 Å². The topological polar surface area (TPSA) is 89.2 Å². The van der Waals surface area contributed by atoms with E-state index < -0.39 is 0 Å². The molecule has 0 radical (unpaired) electrons. The van der Waals surface area contributed by atoms with Crippen LogP contribution in [0.3, 0.4) is 0 Å². The van der Waals surface area contributed by atoms with Gasteiger partial charge in [-0.15, -0.1) is 0 Å². The van der Waals surface area contributed by atoms with Crippen molar-refractivity contribution in [3.63, 3.8) is 0 Å². The molecule has 1 saturated heterocycles. The van der Waals surface area contributed by atoms with Gasteiger partial charge < -0.3 is 20.7 Å². The first-order valence-corrected chi connectivity index (χ1v) is 8.07. The smallest absolute Gasteiger partial charge is 0.232 e. The van der Waals surface area contributed by atoms with Gasteiger partial charge in [-0.3, -0.25) is 0 Å². The molecule has 1 aliphatic heterocycles. The normalized spacial score (nSPS) is 20.8. The second-order valence-electron chi connectivity index (χ2n) is 5.16. The molecule has 1 aromatic heterocycles. The van der Waals surface area contributed by atoms with Crippen molar-refractivity contribution in [3.8, 4) is 0 Å². The second kappa shape index (κ2) is 5.61. The highest BCUT2D eigenvalue weighted by atomic mass is 32.2. The number of morpholine rings is 1.